The highest BCUT2D eigenvalue weighted by Gasteiger charge is 2.25. The van der Waals surface area contributed by atoms with Crippen LogP contribution in [0, 0.1) is 5.92 Å². The monoisotopic (exact) mass is 364 g/mol. The average Bonchev–Trinajstić information content (AvgIpc) is 1.94. The number of rotatable bonds is 1. The molecule has 1 fully saturated rings. The number of halogens is 2. The van der Waals surface area contributed by atoms with Crippen LogP contribution >= 0.6 is 45.2 Å². The summed E-state index contributed by atoms with van der Waals surface area (Å²) in [6.45, 7) is 2.32. The molecule has 0 N–H and O–H groups in total. The molecule has 0 spiro atoms. The summed E-state index contributed by atoms with van der Waals surface area (Å²) >= 11 is 5.23. The molecule has 3 atom stereocenters. The van der Waals surface area contributed by atoms with Gasteiger partial charge in [0.1, 0.15) is 0 Å². The van der Waals surface area contributed by atoms with Gasteiger partial charge in [0.2, 0.25) is 0 Å². The van der Waals surface area contributed by atoms with Crippen LogP contribution in [0.5, 0.6) is 0 Å². The van der Waals surface area contributed by atoms with E-state index >= 15 is 0 Å². The van der Waals surface area contributed by atoms with Crippen LogP contribution in [0.15, 0.2) is 0 Å². The van der Waals surface area contributed by atoms with E-state index in [0.717, 1.165) is 13.8 Å². The lowest BCUT2D eigenvalue weighted by Crippen LogP contribution is -2.24. The van der Waals surface area contributed by atoms with E-state index in [0.29, 0.717) is 0 Å². The summed E-state index contributed by atoms with van der Waals surface area (Å²) < 4.78 is 1.93. The molecule has 0 radical (unpaired) electrons. The quantitative estimate of drug-likeness (QED) is 0.491. The van der Waals surface area contributed by atoms with Crippen LogP contribution < -0.4 is 0 Å². The lowest BCUT2D eigenvalue weighted by Gasteiger charge is -2.29. The van der Waals surface area contributed by atoms with Crippen molar-refractivity contribution in [2.75, 3.05) is 0 Å². The van der Waals surface area contributed by atoms with E-state index in [9.17, 15) is 0 Å². The minimum absolute atomic E-state index is 0.966. The molecule has 0 aromatic heterocycles. The molecular weight excluding hydrogens is 350 g/mol. The fourth-order valence-electron chi connectivity index (χ4n) is 1.59. The van der Waals surface area contributed by atoms with Crippen molar-refractivity contribution in [3.8, 4) is 0 Å². The van der Waals surface area contributed by atoms with Crippen LogP contribution in [0.3, 0.4) is 0 Å². The van der Waals surface area contributed by atoms with Gasteiger partial charge in [0.15, 0.2) is 0 Å². The Bertz CT molecular complexity index is 103. The molecule has 0 heterocycles. The van der Waals surface area contributed by atoms with Gasteiger partial charge in [-0.3, -0.25) is 0 Å². The zero-order chi connectivity index (χ0) is 7.56. The van der Waals surface area contributed by atoms with E-state index in [-0.39, 0.29) is 0 Å². The topological polar surface area (TPSA) is 0 Å². The first-order valence-corrected chi connectivity index (χ1v) is 6.51. The number of hydrogen-bond acceptors (Lipinski definition) is 0. The van der Waals surface area contributed by atoms with E-state index in [4.69, 9.17) is 0 Å². The van der Waals surface area contributed by atoms with Crippen molar-refractivity contribution in [2.45, 2.75) is 40.5 Å². The second-order valence-electron chi connectivity index (χ2n) is 3.09. The third-order valence-electron chi connectivity index (χ3n) is 2.35. The van der Waals surface area contributed by atoms with Gasteiger partial charge in [-0.05, 0) is 25.2 Å². The highest BCUT2D eigenvalue weighted by atomic mass is 127. The van der Waals surface area contributed by atoms with E-state index in [1.165, 1.54) is 25.7 Å². The molecule has 0 saturated heterocycles. The highest BCUT2D eigenvalue weighted by molar-refractivity contribution is 14.1. The minimum Gasteiger partial charge on any atom is -0.0826 e. The molecule has 0 bridgehead atoms. The predicted octanol–water partition coefficient (Wildman–Crippen LogP) is 3.80. The average molecular weight is 364 g/mol. The van der Waals surface area contributed by atoms with E-state index in [2.05, 4.69) is 52.1 Å². The molecule has 0 amide bonds. The molecule has 2 heteroatoms. The van der Waals surface area contributed by atoms with Crippen LogP contribution in [-0.2, 0) is 0 Å². The number of hydrogen-bond donors (Lipinski definition) is 0. The van der Waals surface area contributed by atoms with Crippen molar-refractivity contribution in [1.82, 2.24) is 0 Å². The summed E-state index contributed by atoms with van der Waals surface area (Å²) in [5.41, 5.74) is 0. The van der Waals surface area contributed by atoms with Crippen LogP contribution in [0.2, 0.25) is 0 Å². The van der Waals surface area contributed by atoms with Crippen molar-refractivity contribution in [2.24, 2.45) is 5.92 Å². The summed E-state index contributed by atoms with van der Waals surface area (Å²) in [7, 11) is 0. The smallest absolute Gasteiger partial charge is 0.0138 e. The Kier molecular flexibility index (Phi) is 4.27. The van der Waals surface area contributed by atoms with E-state index in [1.54, 1.807) is 0 Å². The second kappa shape index (κ2) is 4.48. The van der Waals surface area contributed by atoms with Gasteiger partial charge in [0.25, 0.3) is 0 Å². The molecule has 10 heavy (non-hydrogen) atoms. The Labute approximate surface area is 90.8 Å². The van der Waals surface area contributed by atoms with Gasteiger partial charge < -0.3 is 0 Å². The van der Waals surface area contributed by atoms with Crippen molar-refractivity contribution in [1.29, 1.82) is 0 Å². The van der Waals surface area contributed by atoms with Gasteiger partial charge in [-0.25, -0.2) is 0 Å². The van der Waals surface area contributed by atoms with Crippen LogP contribution in [-0.4, -0.2) is 7.85 Å². The Morgan fingerprint density at radius 3 is 2.50 bits per heavy atom. The van der Waals surface area contributed by atoms with Crippen molar-refractivity contribution < 1.29 is 0 Å². The third-order valence-corrected chi connectivity index (χ3v) is 5.12. The zero-order valence-corrected chi connectivity index (χ0v) is 10.6. The molecule has 1 saturated carbocycles. The standard InChI is InChI=1S/C8H14I2/c1-2-6-5-7(9)3-4-8(6)10/h6-8H,2-5H2,1H3. The molecule has 1 aliphatic rings. The molecule has 1 aliphatic carbocycles. The molecule has 60 valence electrons. The number of alkyl halides is 2. The molecule has 0 nitrogen and oxygen atoms in total. The highest BCUT2D eigenvalue weighted by Crippen LogP contribution is 2.35. The lowest BCUT2D eigenvalue weighted by molar-refractivity contribution is 0.387. The van der Waals surface area contributed by atoms with Crippen LogP contribution in [0.25, 0.3) is 0 Å². The summed E-state index contributed by atoms with van der Waals surface area (Å²) in [4.78, 5) is 0. The third kappa shape index (κ3) is 2.50. The van der Waals surface area contributed by atoms with E-state index < -0.39 is 0 Å². The maximum Gasteiger partial charge on any atom is 0.0138 e. The maximum atomic E-state index is 2.63. The normalized spacial score (nSPS) is 41.7. The molecule has 3 unspecified atom stereocenters. The Morgan fingerprint density at radius 1 is 1.30 bits per heavy atom. The summed E-state index contributed by atoms with van der Waals surface area (Å²) in [5, 5.41) is 0. The first kappa shape index (κ1) is 9.55. The minimum atomic E-state index is 0.966. The fraction of sp³-hybridized carbons (Fsp3) is 1.00. The molecule has 0 aromatic carbocycles. The van der Waals surface area contributed by atoms with Crippen molar-refractivity contribution in [3.05, 3.63) is 0 Å². The van der Waals surface area contributed by atoms with Gasteiger partial charge in [0, 0.05) is 7.85 Å². The maximum absolute atomic E-state index is 2.63. The lowest BCUT2D eigenvalue weighted by atomic mass is 9.87. The van der Waals surface area contributed by atoms with E-state index in [1.807, 2.05) is 0 Å². The van der Waals surface area contributed by atoms with Crippen LogP contribution in [0.4, 0.5) is 0 Å². The predicted molar refractivity (Wildman–Crippen MR) is 63.2 cm³/mol. The molecule has 0 aliphatic heterocycles. The second-order valence-corrected chi connectivity index (χ2v) is 6.46. The summed E-state index contributed by atoms with van der Waals surface area (Å²) in [6, 6.07) is 0. The van der Waals surface area contributed by atoms with Crippen molar-refractivity contribution >= 4 is 45.2 Å². The zero-order valence-electron chi connectivity index (χ0n) is 6.32. The van der Waals surface area contributed by atoms with Crippen LogP contribution in [0.1, 0.15) is 32.6 Å². The van der Waals surface area contributed by atoms with Gasteiger partial charge in [-0.15, -0.1) is 0 Å². The first-order valence-electron chi connectivity index (χ1n) is 4.02. The Morgan fingerprint density at radius 2 is 2.00 bits per heavy atom. The SMILES string of the molecule is CCC1CC(I)CCC1I. The fourth-order valence-corrected chi connectivity index (χ4v) is 3.77. The van der Waals surface area contributed by atoms with Crippen molar-refractivity contribution in [3.63, 3.8) is 0 Å². The van der Waals surface area contributed by atoms with Gasteiger partial charge in [-0.1, -0.05) is 58.5 Å². The first-order chi connectivity index (χ1) is 4.74. The molecule has 1 rings (SSSR count). The molecule has 0 aromatic rings. The Hall–Kier alpha value is 1.46. The van der Waals surface area contributed by atoms with Gasteiger partial charge in [-0.2, -0.15) is 0 Å². The molecular formula is C8H14I2. The largest absolute Gasteiger partial charge is 0.0826 e. The van der Waals surface area contributed by atoms with Gasteiger partial charge in [0.05, 0.1) is 0 Å². The Balaban J connectivity index is 2.38. The van der Waals surface area contributed by atoms with Gasteiger partial charge >= 0.3 is 0 Å². The summed E-state index contributed by atoms with van der Waals surface area (Å²) in [6.07, 6.45) is 5.75. The summed E-state index contributed by atoms with van der Waals surface area (Å²) in [5.74, 6) is 1.01.